The van der Waals surface area contributed by atoms with Crippen LogP contribution in [0.1, 0.15) is 27.7 Å². The third kappa shape index (κ3) is 2.46. The molecular weight excluding hydrogens is 136 g/mol. The Kier molecular flexibility index (Phi) is 3.52. The minimum atomic E-state index is 0.177. The lowest BCUT2D eigenvalue weighted by molar-refractivity contribution is 0.164. The zero-order chi connectivity index (χ0) is 9.12. The van der Waals surface area contributed by atoms with E-state index in [1.54, 1.807) is 0 Å². The molecule has 68 valence electrons. The maximum atomic E-state index is 3.33. The minimum Gasteiger partial charge on any atom is -0.319 e. The molecule has 0 atom stereocenters. The number of rotatable bonds is 4. The molecule has 0 saturated carbocycles. The van der Waals surface area contributed by atoms with Crippen molar-refractivity contribution in [3.05, 3.63) is 0 Å². The van der Waals surface area contributed by atoms with Gasteiger partial charge in [-0.1, -0.05) is 13.8 Å². The van der Waals surface area contributed by atoms with Crippen molar-refractivity contribution < 1.29 is 0 Å². The van der Waals surface area contributed by atoms with E-state index in [1.807, 2.05) is 14.1 Å². The summed E-state index contributed by atoms with van der Waals surface area (Å²) < 4.78 is 0. The topological polar surface area (TPSA) is 24.1 Å². The monoisotopic (exact) mass is 158 g/mol. The van der Waals surface area contributed by atoms with Crippen LogP contribution in [-0.2, 0) is 0 Å². The van der Waals surface area contributed by atoms with Crippen LogP contribution in [0.2, 0.25) is 0 Å². The molecule has 0 aliphatic carbocycles. The van der Waals surface area contributed by atoms with Gasteiger partial charge in [0.15, 0.2) is 0 Å². The normalized spacial score (nSPS) is 13.6. The van der Waals surface area contributed by atoms with Crippen LogP contribution in [0.15, 0.2) is 0 Å². The molecule has 0 spiro atoms. The van der Waals surface area contributed by atoms with E-state index in [0.29, 0.717) is 0 Å². The van der Waals surface area contributed by atoms with Crippen molar-refractivity contribution in [3.8, 4) is 0 Å². The molecule has 0 aliphatic rings. The van der Waals surface area contributed by atoms with E-state index in [0.717, 1.165) is 6.54 Å². The highest BCUT2D eigenvalue weighted by Crippen LogP contribution is 2.28. The summed E-state index contributed by atoms with van der Waals surface area (Å²) in [6, 6.07) is 0. The van der Waals surface area contributed by atoms with E-state index < -0.39 is 0 Å². The first-order chi connectivity index (χ1) is 4.87. The predicted molar refractivity (Wildman–Crippen MR) is 50.8 cm³/mol. The van der Waals surface area contributed by atoms with Crippen LogP contribution < -0.4 is 10.6 Å². The molecule has 2 nitrogen and oxygen atoms in total. The maximum absolute atomic E-state index is 3.33. The molecule has 0 rings (SSSR count). The van der Waals surface area contributed by atoms with Gasteiger partial charge >= 0.3 is 0 Å². The van der Waals surface area contributed by atoms with Gasteiger partial charge in [-0.05, 0) is 33.4 Å². The van der Waals surface area contributed by atoms with Crippen molar-refractivity contribution in [1.29, 1.82) is 0 Å². The Morgan fingerprint density at radius 2 is 1.45 bits per heavy atom. The molecule has 0 heterocycles. The summed E-state index contributed by atoms with van der Waals surface area (Å²) in [4.78, 5) is 0. The first kappa shape index (κ1) is 10.9. The standard InChI is InChI=1S/C9H22N2/c1-8(2,7-10-5)9(3,4)11-6/h10-11H,7H2,1-6H3. The van der Waals surface area contributed by atoms with Gasteiger partial charge in [-0.2, -0.15) is 0 Å². The Balaban J connectivity index is 4.26. The first-order valence-electron chi connectivity index (χ1n) is 4.21. The smallest absolute Gasteiger partial charge is 0.0185 e. The third-order valence-electron chi connectivity index (χ3n) is 2.94. The molecule has 0 fully saturated rings. The minimum absolute atomic E-state index is 0.177. The average molecular weight is 158 g/mol. The van der Waals surface area contributed by atoms with Gasteiger partial charge in [0.1, 0.15) is 0 Å². The second-order valence-corrected chi connectivity index (χ2v) is 4.29. The van der Waals surface area contributed by atoms with Crippen LogP contribution in [-0.4, -0.2) is 26.2 Å². The van der Waals surface area contributed by atoms with Gasteiger partial charge in [0.25, 0.3) is 0 Å². The second-order valence-electron chi connectivity index (χ2n) is 4.29. The van der Waals surface area contributed by atoms with Crippen LogP contribution in [0.3, 0.4) is 0 Å². The quantitative estimate of drug-likeness (QED) is 0.643. The molecule has 0 bridgehead atoms. The maximum Gasteiger partial charge on any atom is 0.0185 e. The summed E-state index contributed by atoms with van der Waals surface area (Å²) in [7, 11) is 4.00. The van der Waals surface area contributed by atoms with Gasteiger partial charge < -0.3 is 10.6 Å². The second kappa shape index (κ2) is 3.55. The zero-order valence-electron chi connectivity index (χ0n) is 8.71. The van der Waals surface area contributed by atoms with Gasteiger partial charge in [-0.15, -0.1) is 0 Å². The van der Waals surface area contributed by atoms with Crippen LogP contribution >= 0.6 is 0 Å². The molecule has 0 aliphatic heterocycles. The molecular formula is C9H22N2. The lowest BCUT2D eigenvalue weighted by atomic mass is 9.74. The molecule has 0 aromatic rings. The van der Waals surface area contributed by atoms with Crippen molar-refractivity contribution in [3.63, 3.8) is 0 Å². The summed E-state index contributed by atoms with van der Waals surface area (Å²) in [5.41, 5.74) is 0.451. The highest BCUT2D eigenvalue weighted by Gasteiger charge is 2.34. The van der Waals surface area contributed by atoms with Crippen molar-refractivity contribution >= 4 is 0 Å². The Labute approximate surface area is 70.8 Å². The van der Waals surface area contributed by atoms with Crippen LogP contribution in [0.25, 0.3) is 0 Å². The summed E-state index contributed by atoms with van der Waals surface area (Å²) in [6.07, 6.45) is 0. The third-order valence-corrected chi connectivity index (χ3v) is 2.94. The Morgan fingerprint density at radius 1 is 1.00 bits per heavy atom. The molecule has 0 unspecified atom stereocenters. The zero-order valence-corrected chi connectivity index (χ0v) is 8.71. The predicted octanol–water partition coefficient (Wildman–Crippen LogP) is 1.23. The Morgan fingerprint density at radius 3 is 1.73 bits per heavy atom. The SMILES string of the molecule is CNCC(C)(C)C(C)(C)NC. The number of hydrogen-bond donors (Lipinski definition) is 2. The highest BCUT2D eigenvalue weighted by molar-refractivity contribution is 4.93. The highest BCUT2D eigenvalue weighted by atomic mass is 15.0. The molecule has 2 heteroatoms. The fraction of sp³-hybridized carbons (Fsp3) is 1.00. The van der Waals surface area contributed by atoms with E-state index in [4.69, 9.17) is 0 Å². The first-order valence-corrected chi connectivity index (χ1v) is 4.21. The van der Waals surface area contributed by atoms with E-state index in [-0.39, 0.29) is 11.0 Å². The van der Waals surface area contributed by atoms with Gasteiger partial charge in [0, 0.05) is 12.1 Å². The van der Waals surface area contributed by atoms with Gasteiger partial charge in [0.2, 0.25) is 0 Å². The van der Waals surface area contributed by atoms with Gasteiger partial charge in [-0.25, -0.2) is 0 Å². The number of nitrogens with one attached hydrogen (secondary N) is 2. The van der Waals surface area contributed by atoms with E-state index in [2.05, 4.69) is 38.3 Å². The summed E-state index contributed by atoms with van der Waals surface area (Å²) in [5, 5.41) is 6.53. The van der Waals surface area contributed by atoms with Gasteiger partial charge in [0.05, 0.1) is 0 Å². The molecule has 11 heavy (non-hydrogen) atoms. The molecule has 0 aromatic heterocycles. The summed E-state index contributed by atoms with van der Waals surface area (Å²) in [5.74, 6) is 0. The largest absolute Gasteiger partial charge is 0.319 e. The Hall–Kier alpha value is -0.0800. The fourth-order valence-electron chi connectivity index (χ4n) is 1.00. The fourth-order valence-corrected chi connectivity index (χ4v) is 1.00. The molecule has 0 aromatic carbocycles. The molecule has 0 radical (unpaired) electrons. The van der Waals surface area contributed by atoms with Gasteiger partial charge in [-0.3, -0.25) is 0 Å². The van der Waals surface area contributed by atoms with Crippen molar-refractivity contribution in [2.24, 2.45) is 5.41 Å². The van der Waals surface area contributed by atoms with Crippen molar-refractivity contribution in [2.45, 2.75) is 33.2 Å². The Bertz CT molecular complexity index is 117. The molecule has 0 saturated heterocycles. The van der Waals surface area contributed by atoms with Crippen molar-refractivity contribution in [2.75, 3.05) is 20.6 Å². The summed E-state index contributed by atoms with van der Waals surface area (Å²) in [6.45, 7) is 10.0. The van der Waals surface area contributed by atoms with E-state index >= 15 is 0 Å². The van der Waals surface area contributed by atoms with E-state index in [1.165, 1.54) is 0 Å². The lowest BCUT2D eigenvalue weighted by Crippen LogP contribution is -2.53. The molecule has 2 N–H and O–H groups in total. The molecule has 0 amide bonds. The summed E-state index contributed by atoms with van der Waals surface area (Å²) >= 11 is 0. The average Bonchev–Trinajstić information content (AvgIpc) is 1.87. The number of hydrogen-bond acceptors (Lipinski definition) is 2. The van der Waals surface area contributed by atoms with Crippen molar-refractivity contribution in [1.82, 2.24) is 10.6 Å². The van der Waals surface area contributed by atoms with E-state index in [9.17, 15) is 0 Å². The van der Waals surface area contributed by atoms with Crippen LogP contribution in [0.4, 0.5) is 0 Å². The van der Waals surface area contributed by atoms with Crippen LogP contribution in [0.5, 0.6) is 0 Å². The lowest BCUT2D eigenvalue weighted by Gasteiger charge is -2.41. The van der Waals surface area contributed by atoms with Crippen LogP contribution in [0, 0.1) is 5.41 Å².